The molecule has 0 bridgehead atoms. The summed E-state index contributed by atoms with van der Waals surface area (Å²) in [5, 5.41) is 0. The SMILES string of the molecule is O=C(c1cc(F)ccc1OCc1ccccc1)C(Br)Br. The molecule has 0 N–H and O–H groups in total. The minimum atomic E-state index is -0.573. The van der Waals surface area contributed by atoms with Gasteiger partial charge in [0.1, 0.15) is 21.9 Å². The van der Waals surface area contributed by atoms with Gasteiger partial charge in [0.25, 0.3) is 0 Å². The number of carbonyl (C=O) groups excluding carboxylic acids is 1. The summed E-state index contributed by atoms with van der Waals surface area (Å²) in [7, 11) is 0. The first-order valence-electron chi connectivity index (χ1n) is 5.86. The first-order chi connectivity index (χ1) is 9.58. The van der Waals surface area contributed by atoms with E-state index in [4.69, 9.17) is 4.74 Å². The summed E-state index contributed by atoms with van der Waals surface area (Å²) in [4.78, 5) is 12.0. The van der Waals surface area contributed by atoms with E-state index in [1.807, 2.05) is 30.3 Å². The highest BCUT2D eigenvalue weighted by Crippen LogP contribution is 2.26. The molecule has 0 aliphatic heterocycles. The normalized spacial score (nSPS) is 10.6. The zero-order valence-corrected chi connectivity index (χ0v) is 13.5. The van der Waals surface area contributed by atoms with Crippen molar-refractivity contribution in [2.24, 2.45) is 0 Å². The van der Waals surface area contributed by atoms with Crippen molar-refractivity contribution >= 4 is 37.6 Å². The molecule has 2 aromatic carbocycles. The van der Waals surface area contributed by atoms with Gasteiger partial charge in [-0.15, -0.1) is 0 Å². The van der Waals surface area contributed by atoms with Gasteiger partial charge in [0.2, 0.25) is 0 Å². The van der Waals surface area contributed by atoms with E-state index in [1.165, 1.54) is 18.2 Å². The van der Waals surface area contributed by atoms with Gasteiger partial charge in [0, 0.05) is 0 Å². The molecule has 0 aromatic heterocycles. The Morgan fingerprint density at radius 3 is 2.50 bits per heavy atom. The highest BCUT2D eigenvalue weighted by molar-refractivity contribution is 9.25. The molecular weight excluding hydrogens is 391 g/mol. The molecule has 20 heavy (non-hydrogen) atoms. The van der Waals surface area contributed by atoms with E-state index in [2.05, 4.69) is 31.9 Å². The lowest BCUT2D eigenvalue weighted by Crippen LogP contribution is -2.10. The third-order valence-corrected chi connectivity index (χ3v) is 3.47. The molecule has 0 aliphatic rings. The summed E-state index contributed by atoms with van der Waals surface area (Å²) in [6.45, 7) is 0.321. The van der Waals surface area contributed by atoms with Crippen LogP contribution in [0.4, 0.5) is 4.39 Å². The first-order valence-corrected chi connectivity index (χ1v) is 7.69. The van der Waals surface area contributed by atoms with E-state index >= 15 is 0 Å². The summed E-state index contributed by atoms with van der Waals surface area (Å²) < 4.78 is 18.3. The van der Waals surface area contributed by atoms with Gasteiger partial charge in [-0.05, 0) is 23.8 Å². The number of ether oxygens (including phenoxy) is 1. The van der Waals surface area contributed by atoms with Gasteiger partial charge < -0.3 is 4.74 Å². The van der Waals surface area contributed by atoms with Crippen molar-refractivity contribution in [2.75, 3.05) is 0 Å². The molecule has 0 aliphatic carbocycles. The van der Waals surface area contributed by atoms with E-state index in [0.717, 1.165) is 5.56 Å². The van der Waals surface area contributed by atoms with Gasteiger partial charge >= 0.3 is 0 Å². The Bertz CT molecular complexity index is 600. The highest BCUT2D eigenvalue weighted by atomic mass is 79.9. The molecule has 0 amide bonds. The van der Waals surface area contributed by atoms with Crippen LogP contribution in [0.2, 0.25) is 0 Å². The lowest BCUT2D eigenvalue weighted by molar-refractivity contribution is 0.101. The number of Topliss-reactive ketones (excluding diaryl/α,β-unsaturated/α-hetero) is 1. The number of benzene rings is 2. The quantitative estimate of drug-likeness (QED) is 0.536. The molecule has 104 valence electrons. The number of halogens is 3. The van der Waals surface area contributed by atoms with Crippen LogP contribution < -0.4 is 4.74 Å². The average molecular weight is 402 g/mol. The van der Waals surface area contributed by atoms with Crippen molar-refractivity contribution < 1.29 is 13.9 Å². The van der Waals surface area contributed by atoms with E-state index in [9.17, 15) is 9.18 Å². The second-order valence-electron chi connectivity index (χ2n) is 4.08. The van der Waals surface area contributed by atoms with Crippen molar-refractivity contribution in [3.05, 3.63) is 65.5 Å². The topological polar surface area (TPSA) is 26.3 Å². The van der Waals surface area contributed by atoms with Crippen LogP contribution in [0.15, 0.2) is 48.5 Å². The Balaban J connectivity index is 2.21. The lowest BCUT2D eigenvalue weighted by Gasteiger charge is -2.11. The second kappa shape index (κ2) is 6.99. The average Bonchev–Trinajstić information content (AvgIpc) is 2.46. The van der Waals surface area contributed by atoms with E-state index in [-0.39, 0.29) is 11.3 Å². The maximum Gasteiger partial charge on any atom is 0.190 e. The number of carbonyl (C=O) groups is 1. The number of alkyl halides is 2. The predicted molar refractivity (Wildman–Crippen MR) is 83.1 cm³/mol. The third-order valence-electron chi connectivity index (χ3n) is 2.64. The molecule has 0 unspecified atom stereocenters. The van der Waals surface area contributed by atoms with Crippen LogP contribution in [-0.2, 0) is 6.61 Å². The molecule has 0 saturated heterocycles. The molecule has 2 nitrogen and oxygen atoms in total. The lowest BCUT2D eigenvalue weighted by atomic mass is 10.1. The Morgan fingerprint density at radius 1 is 1.15 bits per heavy atom. The number of ketones is 1. The van der Waals surface area contributed by atoms with E-state index < -0.39 is 9.55 Å². The molecule has 0 heterocycles. The fraction of sp³-hybridized carbons (Fsp3) is 0.133. The van der Waals surface area contributed by atoms with Crippen LogP contribution in [0, 0.1) is 5.82 Å². The standard InChI is InChI=1S/C15H11Br2FO2/c16-15(17)14(19)12-8-11(18)6-7-13(12)20-9-10-4-2-1-3-5-10/h1-8,15H,9H2. The van der Waals surface area contributed by atoms with Gasteiger partial charge in [0.05, 0.1) is 5.56 Å². The molecule has 2 rings (SSSR count). The fourth-order valence-corrected chi connectivity index (χ4v) is 2.17. The van der Waals surface area contributed by atoms with Crippen LogP contribution in [-0.4, -0.2) is 9.52 Å². The van der Waals surface area contributed by atoms with Gasteiger partial charge in [-0.2, -0.15) is 0 Å². The molecule has 0 fully saturated rings. The van der Waals surface area contributed by atoms with Gasteiger partial charge in [-0.1, -0.05) is 62.2 Å². The maximum atomic E-state index is 13.3. The summed E-state index contributed by atoms with van der Waals surface area (Å²) in [5.74, 6) is -0.391. The monoisotopic (exact) mass is 400 g/mol. The van der Waals surface area contributed by atoms with Crippen LogP contribution in [0.5, 0.6) is 5.75 Å². The van der Waals surface area contributed by atoms with E-state index in [0.29, 0.717) is 12.4 Å². The predicted octanol–water partition coefficient (Wildman–Crippen LogP) is 4.70. The van der Waals surface area contributed by atoms with Crippen LogP contribution in [0.1, 0.15) is 15.9 Å². The summed E-state index contributed by atoms with van der Waals surface area (Å²) in [5.41, 5.74) is 1.18. The Hall–Kier alpha value is -1.20. The van der Waals surface area contributed by atoms with Crippen molar-refractivity contribution in [2.45, 2.75) is 10.3 Å². The smallest absolute Gasteiger partial charge is 0.190 e. The van der Waals surface area contributed by atoms with Gasteiger partial charge in [0.15, 0.2) is 5.78 Å². The zero-order chi connectivity index (χ0) is 14.5. The Kier molecular flexibility index (Phi) is 5.31. The van der Waals surface area contributed by atoms with Crippen molar-refractivity contribution in [1.82, 2.24) is 0 Å². The Labute approximate surface area is 133 Å². The van der Waals surface area contributed by atoms with Gasteiger partial charge in [-0.25, -0.2) is 4.39 Å². The molecule has 0 spiro atoms. The molecule has 0 atom stereocenters. The first kappa shape index (κ1) is 15.2. The number of rotatable bonds is 5. The zero-order valence-electron chi connectivity index (χ0n) is 10.4. The Morgan fingerprint density at radius 2 is 1.85 bits per heavy atom. The molecular formula is C15H11Br2FO2. The highest BCUT2D eigenvalue weighted by Gasteiger charge is 2.19. The maximum absolute atomic E-state index is 13.3. The van der Waals surface area contributed by atoms with Crippen LogP contribution in [0.3, 0.4) is 0 Å². The summed E-state index contributed by atoms with van der Waals surface area (Å²) >= 11 is 6.24. The van der Waals surface area contributed by atoms with Crippen molar-refractivity contribution in [3.63, 3.8) is 0 Å². The minimum Gasteiger partial charge on any atom is -0.488 e. The molecule has 5 heteroatoms. The molecule has 0 radical (unpaired) electrons. The van der Waals surface area contributed by atoms with Gasteiger partial charge in [-0.3, -0.25) is 4.79 Å². The van der Waals surface area contributed by atoms with Crippen LogP contribution in [0.25, 0.3) is 0 Å². The molecule has 2 aromatic rings. The summed E-state index contributed by atoms with van der Waals surface area (Å²) in [6.07, 6.45) is 0. The largest absolute Gasteiger partial charge is 0.488 e. The molecule has 0 saturated carbocycles. The fourth-order valence-electron chi connectivity index (χ4n) is 1.67. The van der Waals surface area contributed by atoms with Crippen LogP contribution >= 0.6 is 31.9 Å². The minimum absolute atomic E-state index is 0.208. The van der Waals surface area contributed by atoms with Crippen molar-refractivity contribution in [3.8, 4) is 5.75 Å². The number of hydrogen-bond donors (Lipinski definition) is 0. The van der Waals surface area contributed by atoms with E-state index in [1.54, 1.807) is 0 Å². The summed E-state index contributed by atoms with van der Waals surface area (Å²) in [6, 6.07) is 13.5. The third kappa shape index (κ3) is 3.90. The second-order valence-corrected chi connectivity index (χ2v) is 7.14. The van der Waals surface area contributed by atoms with Crippen molar-refractivity contribution in [1.29, 1.82) is 0 Å². The number of hydrogen-bond acceptors (Lipinski definition) is 2.